The van der Waals surface area contributed by atoms with Crippen LogP contribution in [0.25, 0.3) is 16.5 Å². The second kappa shape index (κ2) is 7.02. The highest BCUT2D eigenvalue weighted by molar-refractivity contribution is 6.02. The molecule has 128 valence electrons. The average molecular weight is 344 g/mol. The second-order valence-electron chi connectivity index (χ2n) is 5.52. The Bertz CT molecular complexity index is 1060. The molecule has 0 saturated heterocycles. The van der Waals surface area contributed by atoms with E-state index < -0.39 is 0 Å². The molecule has 0 atom stereocenters. The number of aromatic nitrogens is 4. The number of ether oxygens (including phenoxy) is 1. The van der Waals surface area contributed by atoms with Crippen LogP contribution in [0.3, 0.4) is 0 Å². The maximum absolute atomic E-state index is 5.47. The highest BCUT2D eigenvalue weighted by atomic mass is 16.5. The van der Waals surface area contributed by atoms with E-state index in [2.05, 4.69) is 32.1 Å². The van der Waals surface area contributed by atoms with Crippen LogP contribution in [0.1, 0.15) is 5.56 Å². The van der Waals surface area contributed by atoms with Gasteiger partial charge in [-0.1, -0.05) is 53.6 Å². The molecule has 0 saturated carbocycles. The van der Waals surface area contributed by atoms with Gasteiger partial charge in [-0.3, -0.25) is 0 Å². The maximum Gasteiger partial charge on any atom is 0.268 e. The summed E-state index contributed by atoms with van der Waals surface area (Å²) in [5.74, 6) is 1.17. The molecule has 1 aromatic heterocycles. The lowest BCUT2D eigenvalue weighted by molar-refractivity contribution is 0.415. The number of nitrogens with zero attached hydrogens (tertiary/aromatic N) is 5. The Morgan fingerprint density at radius 3 is 2.65 bits per heavy atom. The summed E-state index contributed by atoms with van der Waals surface area (Å²) in [7, 11) is 1.64. The zero-order valence-electron chi connectivity index (χ0n) is 14.1. The van der Waals surface area contributed by atoms with Gasteiger partial charge in [0.05, 0.1) is 19.0 Å². The third-order valence-corrected chi connectivity index (χ3v) is 3.98. The number of hydrazone groups is 1. The molecule has 4 rings (SSSR count). The minimum atomic E-state index is 0.423. The number of methoxy groups -OCH3 is 1. The van der Waals surface area contributed by atoms with Crippen LogP contribution in [0.5, 0.6) is 5.75 Å². The lowest BCUT2D eigenvalue weighted by atomic mass is 10.0. The molecule has 0 radical (unpaired) electrons. The summed E-state index contributed by atoms with van der Waals surface area (Å²) in [6.45, 7) is 0. The molecular weight excluding hydrogens is 328 g/mol. The van der Waals surface area contributed by atoms with Gasteiger partial charge in [0.15, 0.2) is 0 Å². The lowest BCUT2D eigenvalue weighted by Crippen LogP contribution is -2.03. The van der Waals surface area contributed by atoms with Crippen molar-refractivity contribution in [3.8, 4) is 11.4 Å². The van der Waals surface area contributed by atoms with Crippen LogP contribution in [-0.4, -0.2) is 33.5 Å². The van der Waals surface area contributed by atoms with E-state index in [0.29, 0.717) is 5.95 Å². The van der Waals surface area contributed by atoms with E-state index in [9.17, 15) is 0 Å². The van der Waals surface area contributed by atoms with Crippen molar-refractivity contribution in [2.24, 2.45) is 5.10 Å². The van der Waals surface area contributed by atoms with E-state index in [1.54, 1.807) is 18.0 Å². The number of tetrazole rings is 1. The minimum Gasteiger partial charge on any atom is -0.496 e. The fourth-order valence-corrected chi connectivity index (χ4v) is 2.74. The summed E-state index contributed by atoms with van der Waals surface area (Å²) in [4.78, 5) is 0. The van der Waals surface area contributed by atoms with E-state index in [1.807, 2.05) is 60.7 Å². The molecule has 0 fully saturated rings. The molecule has 1 heterocycles. The first-order chi connectivity index (χ1) is 12.9. The van der Waals surface area contributed by atoms with E-state index >= 15 is 0 Å². The first-order valence-electron chi connectivity index (χ1n) is 8.05. The third-order valence-electron chi connectivity index (χ3n) is 3.98. The number of hydrogen-bond donors (Lipinski definition) is 1. The Morgan fingerprint density at radius 2 is 1.81 bits per heavy atom. The van der Waals surface area contributed by atoms with Crippen molar-refractivity contribution in [1.82, 2.24) is 20.2 Å². The van der Waals surface area contributed by atoms with Gasteiger partial charge in [-0.2, -0.15) is 9.78 Å². The first kappa shape index (κ1) is 15.8. The summed E-state index contributed by atoms with van der Waals surface area (Å²) < 4.78 is 7.05. The number of nitrogens with one attached hydrogen (secondary N) is 1. The fraction of sp³-hybridized carbons (Fsp3) is 0.0526. The molecule has 7 nitrogen and oxygen atoms in total. The van der Waals surface area contributed by atoms with Crippen molar-refractivity contribution in [3.05, 3.63) is 72.3 Å². The number of benzene rings is 3. The van der Waals surface area contributed by atoms with Crippen molar-refractivity contribution < 1.29 is 4.74 Å². The smallest absolute Gasteiger partial charge is 0.268 e. The number of fused-ring (bicyclic) bond motifs is 1. The summed E-state index contributed by atoms with van der Waals surface area (Å²) in [6, 6.07) is 21.6. The van der Waals surface area contributed by atoms with Gasteiger partial charge in [-0.25, -0.2) is 5.43 Å². The molecule has 1 N–H and O–H groups in total. The molecule has 0 aliphatic rings. The predicted molar refractivity (Wildman–Crippen MR) is 101 cm³/mol. The van der Waals surface area contributed by atoms with Gasteiger partial charge >= 0.3 is 0 Å². The second-order valence-corrected chi connectivity index (χ2v) is 5.52. The molecule has 0 aliphatic heterocycles. The van der Waals surface area contributed by atoms with Crippen molar-refractivity contribution in [3.63, 3.8) is 0 Å². The van der Waals surface area contributed by atoms with Gasteiger partial charge in [0.1, 0.15) is 5.75 Å². The summed E-state index contributed by atoms with van der Waals surface area (Å²) in [5.41, 5.74) is 4.63. The number of rotatable bonds is 5. The summed E-state index contributed by atoms with van der Waals surface area (Å²) in [5, 5.41) is 18.2. The van der Waals surface area contributed by atoms with Crippen molar-refractivity contribution in [2.75, 3.05) is 12.5 Å². The molecule has 3 aromatic carbocycles. The van der Waals surface area contributed by atoms with Crippen LogP contribution in [0, 0.1) is 0 Å². The molecule has 7 heteroatoms. The van der Waals surface area contributed by atoms with Gasteiger partial charge in [-0.05, 0) is 39.4 Å². The average Bonchev–Trinajstić information content (AvgIpc) is 3.17. The molecule has 0 aliphatic carbocycles. The predicted octanol–water partition coefficient (Wildman–Crippen LogP) is 3.27. The molecule has 4 aromatic rings. The molecule has 0 amide bonds. The number of anilines is 1. The highest BCUT2D eigenvalue weighted by Gasteiger charge is 2.08. The maximum atomic E-state index is 5.47. The van der Waals surface area contributed by atoms with Crippen molar-refractivity contribution in [2.45, 2.75) is 0 Å². The SMILES string of the molecule is COc1ccc2ccccc2c1C=NNc1nnnn1-c1ccccc1. The van der Waals surface area contributed by atoms with Gasteiger partial charge in [0.2, 0.25) is 0 Å². The monoisotopic (exact) mass is 344 g/mol. The van der Waals surface area contributed by atoms with E-state index in [0.717, 1.165) is 27.8 Å². The molecule has 0 bridgehead atoms. The molecular formula is C19H16N6O. The van der Waals surface area contributed by atoms with Crippen LogP contribution in [0.15, 0.2) is 71.8 Å². The highest BCUT2D eigenvalue weighted by Crippen LogP contribution is 2.26. The van der Waals surface area contributed by atoms with E-state index in [4.69, 9.17) is 4.74 Å². The van der Waals surface area contributed by atoms with Gasteiger partial charge in [-0.15, -0.1) is 0 Å². The van der Waals surface area contributed by atoms with E-state index in [-0.39, 0.29) is 0 Å². The van der Waals surface area contributed by atoms with E-state index in [1.165, 1.54) is 0 Å². The molecule has 26 heavy (non-hydrogen) atoms. The van der Waals surface area contributed by atoms with Crippen molar-refractivity contribution in [1.29, 1.82) is 0 Å². The molecule has 0 spiro atoms. The van der Waals surface area contributed by atoms with Gasteiger partial charge in [0.25, 0.3) is 5.95 Å². The summed E-state index contributed by atoms with van der Waals surface area (Å²) >= 11 is 0. The quantitative estimate of drug-likeness (QED) is 0.444. The minimum absolute atomic E-state index is 0.423. The first-order valence-corrected chi connectivity index (χ1v) is 8.05. The third kappa shape index (κ3) is 2.98. The Morgan fingerprint density at radius 1 is 1.00 bits per heavy atom. The zero-order valence-corrected chi connectivity index (χ0v) is 14.1. The van der Waals surface area contributed by atoms with Crippen LogP contribution >= 0.6 is 0 Å². The largest absolute Gasteiger partial charge is 0.496 e. The normalized spacial score (nSPS) is 11.1. The zero-order chi connectivity index (χ0) is 17.8. The standard InChI is InChI=1S/C19H16N6O/c1-26-18-12-11-14-7-5-6-10-16(14)17(18)13-20-21-19-22-23-24-25(19)15-8-3-2-4-9-15/h2-13H,1H3,(H,21,22,24). The Kier molecular flexibility index (Phi) is 4.26. The fourth-order valence-electron chi connectivity index (χ4n) is 2.74. The topological polar surface area (TPSA) is 77.2 Å². The van der Waals surface area contributed by atoms with Gasteiger partial charge < -0.3 is 4.74 Å². The Balaban J connectivity index is 1.65. The van der Waals surface area contributed by atoms with Crippen LogP contribution in [0.4, 0.5) is 5.95 Å². The number of hydrogen-bond acceptors (Lipinski definition) is 6. The van der Waals surface area contributed by atoms with Crippen LogP contribution in [0.2, 0.25) is 0 Å². The molecule has 0 unspecified atom stereocenters. The Hall–Kier alpha value is -3.74. The van der Waals surface area contributed by atoms with Crippen LogP contribution in [-0.2, 0) is 0 Å². The van der Waals surface area contributed by atoms with Crippen LogP contribution < -0.4 is 10.2 Å². The van der Waals surface area contributed by atoms with Gasteiger partial charge in [0, 0.05) is 5.56 Å². The van der Waals surface area contributed by atoms with Crippen molar-refractivity contribution >= 4 is 22.9 Å². The lowest BCUT2D eigenvalue weighted by Gasteiger charge is -2.08. The number of para-hydroxylation sites is 1. The summed E-state index contributed by atoms with van der Waals surface area (Å²) in [6.07, 6.45) is 1.71. The Labute approximate surface area is 149 Å².